The van der Waals surface area contributed by atoms with Gasteiger partial charge in [-0.3, -0.25) is 9.59 Å². The van der Waals surface area contributed by atoms with Gasteiger partial charge in [-0.15, -0.1) is 0 Å². The third kappa shape index (κ3) is 1.67. The number of ether oxygens (including phenoxy) is 2. The van der Waals surface area contributed by atoms with Gasteiger partial charge in [0.2, 0.25) is 0 Å². The zero-order valence-corrected chi connectivity index (χ0v) is 10.8. The summed E-state index contributed by atoms with van der Waals surface area (Å²) in [5, 5.41) is 0. The van der Waals surface area contributed by atoms with Crippen molar-refractivity contribution < 1.29 is 19.1 Å². The number of aromatic nitrogens is 2. The van der Waals surface area contributed by atoms with Gasteiger partial charge in [-0.05, 0) is 12.1 Å². The first-order valence-corrected chi connectivity index (χ1v) is 6.35. The smallest absolute Gasteiger partial charge is 0.286 e. The lowest BCUT2D eigenvalue weighted by molar-refractivity contribution is 0.0923. The molecule has 0 aliphatic carbocycles. The highest BCUT2D eigenvalue weighted by molar-refractivity contribution is 6.33. The highest BCUT2D eigenvalue weighted by Gasteiger charge is 2.39. The molecular weight excluding hydrogens is 274 g/mol. The second kappa shape index (κ2) is 4.27. The molecule has 4 rings (SSSR count). The number of nitrogens with zero attached hydrogens (tertiary/aromatic N) is 3. The van der Waals surface area contributed by atoms with Gasteiger partial charge in [0.05, 0.1) is 5.69 Å². The predicted molar refractivity (Wildman–Crippen MR) is 70.6 cm³/mol. The van der Waals surface area contributed by atoms with Crippen molar-refractivity contribution in [2.75, 3.05) is 18.1 Å². The largest absolute Gasteiger partial charge is 0.486 e. The highest BCUT2D eigenvalue weighted by atomic mass is 16.6. The lowest BCUT2D eigenvalue weighted by Crippen LogP contribution is -2.29. The maximum Gasteiger partial charge on any atom is 0.286 e. The van der Waals surface area contributed by atoms with E-state index in [9.17, 15) is 9.59 Å². The van der Waals surface area contributed by atoms with Gasteiger partial charge in [0.1, 0.15) is 13.2 Å². The summed E-state index contributed by atoms with van der Waals surface area (Å²) in [6.07, 6.45) is 2.77. The monoisotopic (exact) mass is 283 g/mol. The summed E-state index contributed by atoms with van der Waals surface area (Å²) in [5.74, 6) is 0.133. The van der Waals surface area contributed by atoms with Crippen LogP contribution in [-0.4, -0.2) is 35.0 Å². The third-order valence-electron chi connectivity index (χ3n) is 3.29. The first-order valence-electron chi connectivity index (χ1n) is 6.35. The fraction of sp³-hybridized carbons (Fsp3) is 0.143. The molecule has 0 saturated heterocycles. The van der Waals surface area contributed by atoms with E-state index in [0.29, 0.717) is 30.4 Å². The Morgan fingerprint density at radius 1 is 0.905 bits per heavy atom. The first-order chi connectivity index (χ1) is 10.3. The maximum absolute atomic E-state index is 12.3. The number of hydrogen-bond acceptors (Lipinski definition) is 6. The quantitative estimate of drug-likeness (QED) is 0.727. The molecular formula is C14H9N3O4. The first kappa shape index (κ1) is 11.8. The van der Waals surface area contributed by atoms with Gasteiger partial charge in [-0.2, -0.15) is 0 Å². The Hall–Kier alpha value is -2.96. The van der Waals surface area contributed by atoms with Crippen LogP contribution >= 0.6 is 0 Å². The van der Waals surface area contributed by atoms with Crippen LogP contribution in [0, 0.1) is 0 Å². The fourth-order valence-corrected chi connectivity index (χ4v) is 2.36. The van der Waals surface area contributed by atoms with Gasteiger partial charge in [-0.25, -0.2) is 14.9 Å². The van der Waals surface area contributed by atoms with E-state index in [-0.39, 0.29) is 11.4 Å². The van der Waals surface area contributed by atoms with E-state index in [4.69, 9.17) is 9.47 Å². The third-order valence-corrected chi connectivity index (χ3v) is 3.29. The van der Waals surface area contributed by atoms with E-state index in [1.807, 2.05) is 0 Å². The average molecular weight is 283 g/mol. The normalized spacial score (nSPS) is 16.1. The molecule has 0 saturated carbocycles. The van der Waals surface area contributed by atoms with E-state index < -0.39 is 11.8 Å². The molecule has 2 amide bonds. The molecule has 1 aromatic carbocycles. The molecule has 7 heteroatoms. The molecule has 7 nitrogen and oxygen atoms in total. The lowest BCUT2D eigenvalue weighted by Gasteiger charge is -2.20. The van der Waals surface area contributed by atoms with Crippen LogP contribution in [0.5, 0.6) is 11.5 Å². The molecule has 0 N–H and O–H groups in total. The molecule has 2 aliphatic rings. The van der Waals surface area contributed by atoms with Gasteiger partial charge >= 0.3 is 0 Å². The lowest BCUT2D eigenvalue weighted by atomic mass is 10.2. The van der Waals surface area contributed by atoms with Crippen LogP contribution in [-0.2, 0) is 0 Å². The van der Waals surface area contributed by atoms with Gasteiger partial charge in [0.15, 0.2) is 22.9 Å². The summed E-state index contributed by atoms with van der Waals surface area (Å²) in [7, 11) is 0. The van der Waals surface area contributed by atoms with Crippen LogP contribution in [0.15, 0.2) is 30.6 Å². The molecule has 0 atom stereocenters. The number of benzene rings is 1. The Kier molecular flexibility index (Phi) is 2.41. The summed E-state index contributed by atoms with van der Waals surface area (Å²) in [4.78, 5) is 33.5. The summed E-state index contributed by atoms with van der Waals surface area (Å²) >= 11 is 0. The SMILES string of the molecule is O=C1c2nccnc2C(=O)N1c1ccc2c(c1)OCCO2. The number of rotatable bonds is 1. The van der Waals surface area contributed by atoms with E-state index in [1.54, 1.807) is 18.2 Å². The standard InChI is InChI=1S/C14H9N3O4/c18-13-11-12(16-4-3-15-11)14(19)17(13)8-1-2-9-10(7-8)21-6-5-20-9/h1-4,7H,5-6H2. The van der Waals surface area contributed by atoms with Gasteiger partial charge in [0.25, 0.3) is 11.8 Å². The van der Waals surface area contributed by atoms with Crippen molar-refractivity contribution in [3.8, 4) is 11.5 Å². The zero-order valence-electron chi connectivity index (χ0n) is 10.8. The van der Waals surface area contributed by atoms with Crippen LogP contribution in [0.4, 0.5) is 5.69 Å². The number of fused-ring (bicyclic) bond motifs is 2. The Morgan fingerprint density at radius 2 is 1.52 bits per heavy atom. The second-order valence-electron chi connectivity index (χ2n) is 4.53. The van der Waals surface area contributed by atoms with Gasteiger partial charge < -0.3 is 9.47 Å². The van der Waals surface area contributed by atoms with Crippen molar-refractivity contribution in [2.45, 2.75) is 0 Å². The molecule has 2 aliphatic heterocycles. The second-order valence-corrected chi connectivity index (χ2v) is 4.53. The molecule has 0 radical (unpaired) electrons. The van der Waals surface area contributed by atoms with E-state index in [1.165, 1.54) is 12.4 Å². The van der Waals surface area contributed by atoms with Gasteiger partial charge in [-0.1, -0.05) is 0 Å². The Labute approximate surface area is 119 Å². The Balaban J connectivity index is 1.78. The zero-order chi connectivity index (χ0) is 14.4. The molecule has 3 heterocycles. The maximum atomic E-state index is 12.3. The highest BCUT2D eigenvalue weighted by Crippen LogP contribution is 2.36. The minimum atomic E-state index is -0.486. The fourth-order valence-electron chi connectivity index (χ4n) is 2.36. The number of carbonyl (C=O) groups excluding carboxylic acids is 2. The van der Waals surface area contributed by atoms with Crippen LogP contribution in [0.3, 0.4) is 0 Å². The van der Waals surface area contributed by atoms with Crippen LogP contribution < -0.4 is 14.4 Å². The summed E-state index contributed by atoms with van der Waals surface area (Å²) in [5.41, 5.74) is 0.545. The Morgan fingerprint density at radius 3 is 2.19 bits per heavy atom. The van der Waals surface area contributed by atoms with E-state index in [0.717, 1.165) is 4.90 Å². The number of amides is 2. The average Bonchev–Trinajstić information content (AvgIpc) is 2.79. The van der Waals surface area contributed by atoms with Crippen molar-refractivity contribution in [3.05, 3.63) is 42.0 Å². The number of hydrogen-bond donors (Lipinski definition) is 0. The topological polar surface area (TPSA) is 81.6 Å². The molecule has 1 aromatic heterocycles. The number of anilines is 1. The van der Waals surface area contributed by atoms with Crippen LogP contribution in [0.1, 0.15) is 21.0 Å². The minimum absolute atomic E-state index is 0.0670. The molecule has 104 valence electrons. The molecule has 0 fully saturated rings. The molecule has 0 bridgehead atoms. The number of imide groups is 1. The van der Waals surface area contributed by atoms with Gasteiger partial charge in [0, 0.05) is 18.5 Å². The molecule has 21 heavy (non-hydrogen) atoms. The van der Waals surface area contributed by atoms with Crippen molar-refractivity contribution in [2.24, 2.45) is 0 Å². The summed E-state index contributed by atoms with van der Waals surface area (Å²) < 4.78 is 10.9. The van der Waals surface area contributed by atoms with E-state index in [2.05, 4.69) is 9.97 Å². The van der Waals surface area contributed by atoms with Crippen molar-refractivity contribution in [3.63, 3.8) is 0 Å². The molecule has 0 spiro atoms. The molecule has 2 aromatic rings. The van der Waals surface area contributed by atoms with Crippen molar-refractivity contribution in [1.82, 2.24) is 9.97 Å². The summed E-state index contributed by atoms with van der Waals surface area (Å²) in [6, 6.07) is 4.92. The van der Waals surface area contributed by atoms with Crippen molar-refractivity contribution in [1.29, 1.82) is 0 Å². The summed E-state index contributed by atoms with van der Waals surface area (Å²) in [6.45, 7) is 0.912. The number of carbonyl (C=O) groups is 2. The molecule has 0 unspecified atom stereocenters. The van der Waals surface area contributed by atoms with E-state index >= 15 is 0 Å². The minimum Gasteiger partial charge on any atom is -0.486 e. The Bertz CT molecular complexity index is 740. The van der Waals surface area contributed by atoms with Crippen LogP contribution in [0.25, 0.3) is 0 Å². The predicted octanol–water partition coefficient (Wildman–Crippen LogP) is 1.05. The van der Waals surface area contributed by atoms with Crippen molar-refractivity contribution >= 4 is 17.5 Å². The van der Waals surface area contributed by atoms with Crippen LogP contribution in [0.2, 0.25) is 0 Å².